The summed E-state index contributed by atoms with van der Waals surface area (Å²) < 4.78 is 0. The Morgan fingerprint density at radius 2 is 2.10 bits per heavy atom. The van der Waals surface area contributed by atoms with E-state index in [-0.39, 0.29) is 5.54 Å². The van der Waals surface area contributed by atoms with E-state index in [0.717, 1.165) is 13.1 Å². The first-order valence-electron chi connectivity index (χ1n) is 8.46. The Kier molecular flexibility index (Phi) is 4.40. The van der Waals surface area contributed by atoms with Crippen LogP contribution >= 0.6 is 11.3 Å². The van der Waals surface area contributed by atoms with E-state index in [9.17, 15) is 0 Å². The van der Waals surface area contributed by atoms with Crippen LogP contribution in [-0.4, -0.2) is 34.1 Å². The van der Waals surface area contributed by atoms with Crippen molar-refractivity contribution in [2.75, 3.05) is 13.1 Å². The van der Waals surface area contributed by atoms with Crippen molar-refractivity contribution in [3.8, 4) is 0 Å². The highest BCUT2D eigenvalue weighted by Gasteiger charge is 2.44. The van der Waals surface area contributed by atoms with Gasteiger partial charge in [0.05, 0.1) is 10.7 Å². The SMILES string of the molecule is CCC1(C)CNC2(CCCCC2)CN1Cc1csc(C)n1. The molecule has 1 aromatic rings. The summed E-state index contributed by atoms with van der Waals surface area (Å²) in [5, 5.41) is 7.36. The molecular formula is C17H29N3S. The fourth-order valence-electron chi connectivity index (χ4n) is 3.94. The maximum atomic E-state index is 4.69. The second-order valence-electron chi connectivity index (χ2n) is 7.26. The third-order valence-corrected chi connectivity index (χ3v) is 6.52. The molecular weight excluding hydrogens is 278 g/mol. The standard InChI is InChI=1S/C17H29N3S/c1-4-16(3)12-18-17(8-6-5-7-9-17)13-20(16)10-15-11-21-14(2)19-15/h11,18H,4-10,12-13H2,1-3H3. The highest BCUT2D eigenvalue weighted by atomic mass is 32.1. The fraction of sp³-hybridized carbons (Fsp3) is 0.824. The predicted molar refractivity (Wildman–Crippen MR) is 89.8 cm³/mol. The molecule has 1 saturated heterocycles. The van der Waals surface area contributed by atoms with E-state index >= 15 is 0 Å². The Bertz CT molecular complexity index is 478. The van der Waals surface area contributed by atoms with Crippen LogP contribution in [0.5, 0.6) is 0 Å². The van der Waals surface area contributed by atoms with E-state index in [1.807, 2.05) is 0 Å². The van der Waals surface area contributed by atoms with Gasteiger partial charge in [0.1, 0.15) is 0 Å². The van der Waals surface area contributed by atoms with Gasteiger partial charge in [-0.3, -0.25) is 4.90 Å². The first-order valence-corrected chi connectivity index (χ1v) is 9.34. The van der Waals surface area contributed by atoms with Crippen LogP contribution < -0.4 is 5.32 Å². The lowest BCUT2D eigenvalue weighted by atomic mass is 9.77. The molecule has 1 aliphatic carbocycles. The molecule has 4 heteroatoms. The zero-order valence-electron chi connectivity index (χ0n) is 13.7. The van der Waals surface area contributed by atoms with E-state index in [4.69, 9.17) is 4.98 Å². The third kappa shape index (κ3) is 3.17. The minimum absolute atomic E-state index is 0.264. The number of aromatic nitrogens is 1. The molecule has 2 fully saturated rings. The number of piperazine rings is 1. The molecule has 2 aliphatic rings. The predicted octanol–water partition coefficient (Wildman–Crippen LogP) is 3.73. The fourth-order valence-corrected chi connectivity index (χ4v) is 4.54. The molecule has 118 valence electrons. The first-order chi connectivity index (χ1) is 10.1. The van der Waals surface area contributed by atoms with Gasteiger partial charge < -0.3 is 5.32 Å². The van der Waals surface area contributed by atoms with Crippen molar-refractivity contribution in [2.24, 2.45) is 0 Å². The average molecular weight is 308 g/mol. The zero-order chi connectivity index (χ0) is 14.9. The molecule has 1 unspecified atom stereocenters. The van der Waals surface area contributed by atoms with E-state index in [1.165, 1.54) is 55.8 Å². The summed E-state index contributed by atoms with van der Waals surface area (Å²) in [6.07, 6.45) is 8.08. The van der Waals surface area contributed by atoms with E-state index in [2.05, 4.69) is 36.4 Å². The Balaban J connectivity index is 1.78. The lowest BCUT2D eigenvalue weighted by Crippen LogP contribution is -2.69. The van der Waals surface area contributed by atoms with Crippen molar-refractivity contribution in [2.45, 2.75) is 76.9 Å². The lowest BCUT2D eigenvalue weighted by molar-refractivity contribution is -0.00803. The summed E-state index contributed by atoms with van der Waals surface area (Å²) in [6.45, 7) is 10.2. The Labute approximate surface area is 133 Å². The van der Waals surface area contributed by atoms with Crippen molar-refractivity contribution in [3.05, 3.63) is 16.1 Å². The molecule has 1 aliphatic heterocycles. The molecule has 2 heterocycles. The van der Waals surface area contributed by atoms with Gasteiger partial charge in [0.15, 0.2) is 0 Å². The smallest absolute Gasteiger partial charge is 0.0897 e. The summed E-state index contributed by atoms with van der Waals surface area (Å²) in [7, 11) is 0. The van der Waals surface area contributed by atoms with Crippen molar-refractivity contribution < 1.29 is 0 Å². The Hall–Kier alpha value is -0.450. The molecule has 0 radical (unpaired) electrons. The van der Waals surface area contributed by atoms with Gasteiger partial charge in [0.25, 0.3) is 0 Å². The van der Waals surface area contributed by atoms with Gasteiger partial charge in [0.2, 0.25) is 0 Å². The molecule has 1 spiro atoms. The quantitative estimate of drug-likeness (QED) is 0.922. The maximum Gasteiger partial charge on any atom is 0.0897 e. The number of thiazole rings is 1. The summed E-state index contributed by atoms with van der Waals surface area (Å²) in [5.74, 6) is 0. The summed E-state index contributed by atoms with van der Waals surface area (Å²) >= 11 is 1.77. The summed E-state index contributed by atoms with van der Waals surface area (Å²) in [6, 6.07) is 0. The molecule has 1 atom stereocenters. The second kappa shape index (κ2) is 5.98. The zero-order valence-corrected chi connectivity index (χ0v) is 14.6. The number of nitrogens with zero attached hydrogens (tertiary/aromatic N) is 2. The highest BCUT2D eigenvalue weighted by Crippen LogP contribution is 2.36. The van der Waals surface area contributed by atoms with Crippen LogP contribution in [0.25, 0.3) is 0 Å². The van der Waals surface area contributed by atoms with Crippen LogP contribution in [0.15, 0.2) is 5.38 Å². The van der Waals surface area contributed by atoms with Crippen LogP contribution in [0, 0.1) is 6.92 Å². The molecule has 0 bridgehead atoms. The lowest BCUT2D eigenvalue weighted by Gasteiger charge is -2.54. The van der Waals surface area contributed by atoms with Crippen molar-refractivity contribution in [1.82, 2.24) is 15.2 Å². The molecule has 1 aromatic heterocycles. The largest absolute Gasteiger partial charge is 0.308 e. The van der Waals surface area contributed by atoms with Gasteiger partial charge in [-0.2, -0.15) is 0 Å². The highest BCUT2D eigenvalue weighted by molar-refractivity contribution is 7.09. The Morgan fingerprint density at radius 1 is 1.33 bits per heavy atom. The van der Waals surface area contributed by atoms with Crippen LogP contribution in [0.4, 0.5) is 0 Å². The van der Waals surface area contributed by atoms with Crippen molar-refractivity contribution in [3.63, 3.8) is 0 Å². The summed E-state index contributed by atoms with van der Waals surface area (Å²) in [5.41, 5.74) is 1.89. The number of hydrogen-bond donors (Lipinski definition) is 1. The molecule has 1 N–H and O–H groups in total. The second-order valence-corrected chi connectivity index (χ2v) is 8.32. The molecule has 3 rings (SSSR count). The van der Waals surface area contributed by atoms with Gasteiger partial charge in [-0.25, -0.2) is 4.98 Å². The molecule has 21 heavy (non-hydrogen) atoms. The third-order valence-electron chi connectivity index (χ3n) is 5.69. The van der Waals surface area contributed by atoms with E-state index in [0.29, 0.717) is 5.54 Å². The van der Waals surface area contributed by atoms with Gasteiger partial charge in [-0.05, 0) is 33.1 Å². The van der Waals surface area contributed by atoms with Gasteiger partial charge in [0, 0.05) is 36.1 Å². The van der Waals surface area contributed by atoms with Crippen LogP contribution in [0.3, 0.4) is 0 Å². The number of nitrogens with one attached hydrogen (secondary N) is 1. The average Bonchev–Trinajstić information content (AvgIpc) is 2.90. The molecule has 1 saturated carbocycles. The van der Waals surface area contributed by atoms with Gasteiger partial charge in [-0.15, -0.1) is 11.3 Å². The van der Waals surface area contributed by atoms with Crippen LogP contribution in [0.1, 0.15) is 63.1 Å². The van der Waals surface area contributed by atoms with Crippen molar-refractivity contribution >= 4 is 11.3 Å². The molecule has 3 nitrogen and oxygen atoms in total. The van der Waals surface area contributed by atoms with Gasteiger partial charge in [-0.1, -0.05) is 26.2 Å². The minimum Gasteiger partial charge on any atom is -0.308 e. The number of rotatable bonds is 3. The number of hydrogen-bond acceptors (Lipinski definition) is 4. The first kappa shape index (κ1) is 15.4. The van der Waals surface area contributed by atoms with Crippen molar-refractivity contribution in [1.29, 1.82) is 0 Å². The van der Waals surface area contributed by atoms with Crippen LogP contribution in [-0.2, 0) is 6.54 Å². The van der Waals surface area contributed by atoms with E-state index in [1.54, 1.807) is 11.3 Å². The monoisotopic (exact) mass is 307 g/mol. The minimum atomic E-state index is 0.264. The number of aryl methyl sites for hydroxylation is 1. The van der Waals surface area contributed by atoms with Gasteiger partial charge >= 0.3 is 0 Å². The van der Waals surface area contributed by atoms with Crippen LogP contribution in [0.2, 0.25) is 0 Å². The maximum absolute atomic E-state index is 4.69. The van der Waals surface area contributed by atoms with E-state index < -0.39 is 0 Å². The normalized spacial score (nSPS) is 29.9. The Morgan fingerprint density at radius 3 is 2.71 bits per heavy atom. The molecule has 0 aromatic carbocycles. The topological polar surface area (TPSA) is 28.2 Å². The summed E-state index contributed by atoms with van der Waals surface area (Å²) in [4.78, 5) is 7.41. The molecule has 0 amide bonds.